The molecular weight excluding hydrogens is 172 g/mol. The Hall–Kier alpha value is -0.860. The SMILES string of the molecule is CNCc1cccc(C2CCCN2)c1. The second-order valence-electron chi connectivity index (χ2n) is 3.92. The van der Waals surface area contributed by atoms with Gasteiger partial charge in [0.2, 0.25) is 0 Å². The molecule has 0 amide bonds. The molecule has 2 heteroatoms. The molecule has 1 aliphatic heterocycles. The van der Waals surface area contributed by atoms with Gasteiger partial charge in [0.15, 0.2) is 0 Å². The Labute approximate surface area is 85.7 Å². The molecule has 2 rings (SSSR count). The molecule has 1 saturated heterocycles. The maximum Gasteiger partial charge on any atom is 0.0320 e. The highest BCUT2D eigenvalue weighted by Crippen LogP contribution is 2.23. The van der Waals surface area contributed by atoms with Gasteiger partial charge in [0.1, 0.15) is 0 Å². The topological polar surface area (TPSA) is 24.1 Å². The van der Waals surface area contributed by atoms with Crippen molar-refractivity contribution in [2.45, 2.75) is 25.4 Å². The maximum absolute atomic E-state index is 3.52. The standard InChI is InChI=1S/C12H18N2/c1-13-9-10-4-2-5-11(8-10)12-6-3-7-14-12/h2,4-5,8,12-14H,3,6-7,9H2,1H3. The minimum Gasteiger partial charge on any atom is -0.316 e. The first-order valence-electron chi connectivity index (χ1n) is 5.37. The lowest BCUT2D eigenvalue weighted by atomic mass is 10.0. The number of nitrogens with one attached hydrogen (secondary N) is 2. The summed E-state index contributed by atoms with van der Waals surface area (Å²) in [5, 5.41) is 6.70. The van der Waals surface area contributed by atoms with Crippen LogP contribution in [-0.4, -0.2) is 13.6 Å². The van der Waals surface area contributed by atoms with Crippen molar-refractivity contribution in [1.29, 1.82) is 0 Å². The van der Waals surface area contributed by atoms with Gasteiger partial charge in [-0.2, -0.15) is 0 Å². The molecule has 1 aromatic rings. The maximum atomic E-state index is 3.52. The van der Waals surface area contributed by atoms with Crippen molar-refractivity contribution in [3.8, 4) is 0 Å². The molecule has 76 valence electrons. The van der Waals surface area contributed by atoms with Crippen LogP contribution in [0.15, 0.2) is 24.3 Å². The summed E-state index contributed by atoms with van der Waals surface area (Å²) in [7, 11) is 1.99. The van der Waals surface area contributed by atoms with Crippen molar-refractivity contribution in [3.05, 3.63) is 35.4 Å². The van der Waals surface area contributed by atoms with Gasteiger partial charge in [0, 0.05) is 12.6 Å². The molecule has 2 nitrogen and oxygen atoms in total. The van der Waals surface area contributed by atoms with Gasteiger partial charge in [-0.3, -0.25) is 0 Å². The summed E-state index contributed by atoms with van der Waals surface area (Å²) in [6.45, 7) is 2.13. The minimum absolute atomic E-state index is 0.590. The van der Waals surface area contributed by atoms with Crippen molar-refractivity contribution in [2.24, 2.45) is 0 Å². The van der Waals surface area contributed by atoms with Crippen molar-refractivity contribution >= 4 is 0 Å². The van der Waals surface area contributed by atoms with Gasteiger partial charge >= 0.3 is 0 Å². The predicted molar refractivity (Wildman–Crippen MR) is 59.2 cm³/mol. The van der Waals surface area contributed by atoms with E-state index in [9.17, 15) is 0 Å². The molecule has 1 unspecified atom stereocenters. The Morgan fingerprint density at radius 1 is 1.50 bits per heavy atom. The lowest BCUT2D eigenvalue weighted by molar-refractivity contribution is 0.646. The van der Waals surface area contributed by atoms with Crippen LogP contribution >= 0.6 is 0 Å². The van der Waals surface area contributed by atoms with Crippen LogP contribution in [0.1, 0.15) is 30.0 Å². The molecule has 0 spiro atoms. The molecule has 1 heterocycles. The lowest BCUT2D eigenvalue weighted by Crippen LogP contribution is -2.13. The van der Waals surface area contributed by atoms with Gasteiger partial charge in [-0.1, -0.05) is 24.3 Å². The van der Waals surface area contributed by atoms with E-state index >= 15 is 0 Å². The molecule has 1 aromatic carbocycles. The average Bonchev–Trinajstić information content (AvgIpc) is 2.71. The van der Waals surface area contributed by atoms with Gasteiger partial charge < -0.3 is 10.6 Å². The van der Waals surface area contributed by atoms with Crippen LogP contribution in [0.3, 0.4) is 0 Å². The molecular formula is C12H18N2. The fourth-order valence-corrected chi connectivity index (χ4v) is 2.09. The summed E-state index contributed by atoms with van der Waals surface area (Å²) in [5.74, 6) is 0. The second kappa shape index (κ2) is 4.58. The highest BCUT2D eigenvalue weighted by Gasteiger charge is 2.15. The van der Waals surface area contributed by atoms with Crippen LogP contribution in [0.5, 0.6) is 0 Å². The molecule has 0 aliphatic carbocycles. The third-order valence-electron chi connectivity index (χ3n) is 2.79. The number of benzene rings is 1. The highest BCUT2D eigenvalue weighted by molar-refractivity contribution is 5.26. The fraction of sp³-hybridized carbons (Fsp3) is 0.500. The minimum atomic E-state index is 0.590. The van der Waals surface area contributed by atoms with Crippen LogP contribution in [0, 0.1) is 0 Å². The van der Waals surface area contributed by atoms with E-state index in [2.05, 4.69) is 34.9 Å². The molecule has 0 radical (unpaired) electrons. The smallest absolute Gasteiger partial charge is 0.0320 e. The third-order valence-corrected chi connectivity index (χ3v) is 2.79. The van der Waals surface area contributed by atoms with E-state index in [1.54, 1.807) is 0 Å². The second-order valence-corrected chi connectivity index (χ2v) is 3.92. The zero-order valence-electron chi connectivity index (χ0n) is 8.72. The number of hydrogen-bond donors (Lipinski definition) is 2. The van der Waals surface area contributed by atoms with E-state index in [0.717, 1.165) is 6.54 Å². The van der Waals surface area contributed by atoms with Gasteiger partial charge in [0.25, 0.3) is 0 Å². The molecule has 2 N–H and O–H groups in total. The first-order valence-corrected chi connectivity index (χ1v) is 5.37. The van der Waals surface area contributed by atoms with Gasteiger partial charge in [-0.15, -0.1) is 0 Å². The van der Waals surface area contributed by atoms with E-state index in [0.29, 0.717) is 6.04 Å². The largest absolute Gasteiger partial charge is 0.316 e. The Kier molecular flexibility index (Phi) is 3.17. The fourth-order valence-electron chi connectivity index (χ4n) is 2.09. The Morgan fingerprint density at radius 2 is 2.43 bits per heavy atom. The average molecular weight is 190 g/mol. The molecule has 0 aromatic heterocycles. The van der Waals surface area contributed by atoms with Gasteiger partial charge in [0.05, 0.1) is 0 Å². The van der Waals surface area contributed by atoms with Crippen molar-refractivity contribution < 1.29 is 0 Å². The predicted octanol–water partition coefficient (Wildman–Crippen LogP) is 1.83. The van der Waals surface area contributed by atoms with Crippen LogP contribution in [0.4, 0.5) is 0 Å². The first-order chi connectivity index (χ1) is 6.90. The quantitative estimate of drug-likeness (QED) is 0.760. The van der Waals surface area contributed by atoms with Gasteiger partial charge in [-0.25, -0.2) is 0 Å². The van der Waals surface area contributed by atoms with Gasteiger partial charge in [-0.05, 0) is 37.6 Å². The monoisotopic (exact) mass is 190 g/mol. The molecule has 14 heavy (non-hydrogen) atoms. The summed E-state index contributed by atoms with van der Waals surface area (Å²) < 4.78 is 0. The van der Waals surface area contributed by atoms with Crippen LogP contribution in [0.2, 0.25) is 0 Å². The Bertz CT molecular complexity index is 290. The Balaban J connectivity index is 2.12. The van der Waals surface area contributed by atoms with E-state index in [-0.39, 0.29) is 0 Å². The summed E-state index contributed by atoms with van der Waals surface area (Å²) in [5.41, 5.74) is 2.81. The number of hydrogen-bond acceptors (Lipinski definition) is 2. The highest BCUT2D eigenvalue weighted by atomic mass is 14.9. The molecule has 0 bridgehead atoms. The molecule has 1 fully saturated rings. The van der Waals surface area contributed by atoms with E-state index in [1.807, 2.05) is 7.05 Å². The lowest BCUT2D eigenvalue weighted by Gasteiger charge is -2.11. The van der Waals surface area contributed by atoms with Crippen LogP contribution < -0.4 is 10.6 Å². The van der Waals surface area contributed by atoms with Crippen molar-refractivity contribution in [2.75, 3.05) is 13.6 Å². The summed E-state index contributed by atoms with van der Waals surface area (Å²) >= 11 is 0. The molecule has 1 atom stereocenters. The van der Waals surface area contributed by atoms with Crippen LogP contribution in [-0.2, 0) is 6.54 Å². The number of rotatable bonds is 3. The summed E-state index contributed by atoms with van der Waals surface area (Å²) in [4.78, 5) is 0. The molecule has 0 saturated carbocycles. The third kappa shape index (κ3) is 2.14. The Morgan fingerprint density at radius 3 is 3.14 bits per heavy atom. The van der Waals surface area contributed by atoms with E-state index in [4.69, 9.17) is 0 Å². The first kappa shape index (κ1) is 9.69. The zero-order chi connectivity index (χ0) is 9.80. The summed E-state index contributed by atoms with van der Waals surface area (Å²) in [6.07, 6.45) is 2.59. The summed E-state index contributed by atoms with van der Waals surface area (Å²) in [6, 6.07) is 9.45. The normalized spacial score (nSPS) is 21.4. The van der Waals surface area contributed by atoms with Crippen molar-refractivity contribution in [1.82, 2.24) is 10.6 Å². The van der Waals surface area contributed by atoms with Crippen molar-refractivity contribution in [3.63, 3.8) is 0 Å². The van der Waals surface area contributed by atoms with Crippen LogP contribution in [0.25, 0.3) is 0 Å². The zero-order valence-corrected chi connectivity index (χ0v) is 8.72. The molecule has 1 aliphatic rings. The van der Waals surface area contributed by atoms with E-state index < -0.39 is 0 Å². The van der Waals surface area contributed by atoms with E-state index in [1.165, 1.54) is 30.5 Å².